The number of hydrogen-bond donors (Lipinski definition) is 1. The van der Waals surface area contributed by atoms with Crippen LogP contribution in [0.25, 0.3) is 0 Å². The second-order valence-corrected chi connectivity index (χ2v) is 5.51. The summed E-state index contributed by atoms with van der Waals surface area (Å²) in [6.07, 6.45) is 2.63. The Balaban J connectivity index is 0.00000361. The molecule has 1 heterocycles. The summed E-state index contributed by atoms with van der Waals surface area (Å²) in [4.78, 5) is 27.2. The van der Waals surface area contributed by atoms with E-state index in [2.05, 4.69) is 0 Å². The van der Waals surface area contributed by atoms with Crippen molar-refractivity contribution in [1.82, 2.24) is 9.80 Å². The zero-order chi connectivity index (χ0) is 14.3. The van der Waals surface area contributed by atoms with E-state index in [0.29, 0.717) is 32.7 Å². The molecule has 0 aromatic carbocycles. The molecule has 1 atom stereocenters. The Kier molecular flexibility index (Phi) is 10.0. The molecule has 0 aromatic heterocycles. The Morgan fingerprint density at radius 2 is 2.20 bits per heavy atom. The quantitative estimate of drug-likeness (QED) is 0.702. The van der Waals surface area contributed by atoms with E-state index < -0.39 is 6.04 Å². The number of thioether (sulfide) groups is 1. The third-order valence-corrected chi connectivity index (χ3v) is 3.79. The first-order valence-corrected chi connectivity index (χ1v) is 7.79. The maximum Gasteiger partial charge on any atom is 0.242 e. The van der Waals surface area contributed by atoms with Crippen molar-refractivity contribution in [3.8, 4) is 0 Å². The van der Waals surface area contributed by atoms with Gasteiger partial charge in [0.2, 0.25) is 11.8 Å². The zero-order valence-electron chi connectivity index (χ0n) is 12.0. The summed E-state index contributed by atoms with van der Waals surface area (Å²) in [6.45, 7) is 2.35. The Hall–Kier alpha value is -0.500. The average molecular weight is 326 g/mol. The fraction of sp³-hybridized carbons (Fsp3) is 0.833. The number of rotatable bonds is 7. The van der Waals surface area contributed by atoms with Gasteiger partial charge in [-0.25, -0.2) is 0 Å². The van der Waals surface area contributed by atoms with Crippen molar-refractivity contribution < 1.29 is 14.3 Å². The first-order valence-electron chi connectivity index (χ1n) is 6.40. The summed E-state index contributed by atoms with van der Waals surface area (Å²) in [6, 6.07) is -0.495. The van der Waals surface area contributed by atoms with Gasteiger partial charge in [-0.05, 0) is 18.4 Å². The minimum Gasteiger partial charge on any atom is -0.383 e. The highest BCUT2D eigenvalue weighted by molar-refractivity contribution is 7.98. The average Bonchev–Trinajstić information content (AvgIpc) is 2.42. The van der Waals surface area contributed by atoms with Crippen LogP contribution in [0.4, 0.5) is 0 Å². The van der Waals surface area contributed by atoms with Gasteiger partial charge in [-0.3, -0.25) is 9.59 Å². The molecule has 8 heteroatoms. The number of nitrogens with two attached hydrogens (primary N) is 1. The van der Waals surface area contributed by atoms with Gasteiger partial charge in [0.1, 0.15) is 0 Å². The Labute approximate surface area is 130 Å². The number of nitrogens with zero attached hydrogens (tertiary/aromatic N) is 2. The SMILES string of the molecule is COCCN1CCN(C(=O)C(N)CCSC)CC1=O.Cl. The Bertz CT molecular complexity index is 320. The molecule has 1 aliphatic rings. The van der Waals surface area contributed by atoms with E-state index in [1.807, 2.05) is 6.26 Å². The molecular formula is C12H24ClN3O3S. The summed E-state index contributed by atoms with van der Waals surface area (Å²) in [5, 5.41) is 0. The number of methoxy groups -OCH3 is 1. The lowest BCUT2D eigenvalue weighted by Gasteiger charge is -2.35. The molecule has 0 radical (unpaired) electrons. The summed E-state index contributed by atoms with van der Waals surface area (Å²) in [5.41, 5.74) is 5.84. The van der Waals surface area contributed by atoms with E-state index in [0.717, 1.165) is 5.75 Å². The molecule has 1 aliphatic heterocycles. The van der Waals surface area contributed by atoms with Crippen molar-refractivity contribution in [2.75, 3.05) is 51.9 Å². The predicted octanol–water partition coefficient (Wildman–Crippen LogP) is -0.194. The van der Waals surface area contributed by atoms with Gasteiger partial charge in [0.15, 0.2) is 0 Å². The fourth-order valence-electron chi connectivity index (χ4n) is 1.94. The van der Waals surface area contributed by atoms with Crippen LogP contribution in [0.1, 0.15) is 6.42 Å². The molecule has 6 nitrogen and oxygen atoms in total. The highest BCUT2D eigenvalue weighted by Crippen LogP contribution is 2.07. The van der Waals surface area contributed by atoms with Gasteiger partial charge in [0.25, 0.3) is 0 Å². The molecule has 2 amide bonds. The largest absolute Gasteiger partial charge is 0.383 e. The Morgan fingerprint density at radius 3 is 2.75 bits per heavy atom. The second kappa shape index (κ2) is 10.3. The maximum absolute atomic E-state index is 12.1. The second-order valence-electron chi connectivity index (χ2n) is 4.52. The van der Waals surface area contributed by atoms with Crippen LogP contribution in [0.2, 0.25) is 0 Å². The Morgan fingerprint density at radius 1 is 1.50 bits per heavy atom. The van der Waals surface area contributed by atoms with Crippen LogP contribution in [0, 0.1) is 0 Å². The fourth-order valence-corrected chi connectivity index (χ4v) is 2.43. The maximum atomic E-state index is 12.1. The van der Waals surface area contributed by atoms with Crippen LogP contribution in [0.15, 0.2) is 0 Å². The number of ether oxygens (including phenoxy) is 1. The summed E-state index contributed by atoms with van der Waals surface area (Å²) in [5.74, 6) is 0.705. The number of piperazine rings is 1. The molecule has 0 aromatic rings. The van der Waals surface area contributed by atoms with Gasteiger partial charge in [-0.15, -0.1) is 12.4 Å². The lowest BCUT2D eigenvalue weighted by atomic mass is 10.2. The van der Waals surface area contributed by atoms with E-state index >= 15 is 0 Å². The van der Waals surface area contributed by atoms with Crippen LogP contribution in [0.3, 0.4) is 0 Å². The van der Waals surface area contributed by atoms with Gasteiger partial charge < -0.3 is 20.3 Å². The molecule has 2 N–H and O–H groups in total. The number of carbonyl (C=O) groups excluding carboxylic acids is 2. The van der Waals surface area contributed by atoms with Crippen LogP contribution >= 0.6 is 24.2 Å². The van der Waals surface area contributed by atoms with Crippen LogP contribution in [0.5, 0.6) is 0 Å². The van der Waals surface area contributed by atoms with Crippen molar-refractivity contribution in [3.63, 3.8) is 0 Å². The van der Waals surface area contributed by atoms with Crippen LogP contribution in [-0.4, -0.2) is 79.6 Å². The number of halogens is 1. The summed E-state index contributed by atoms with van der Waals surface area (Å²) in [7, 11) is 1.61. The third kappa shape index (κ3) is 5.87. The van der Waals surface area contributed by atoms with Gasteiger partial charge in [0, 0.05) is 26.7 Å². The highest BCUT2D eigenvalue weighted by atomic mass is 35.5. The minimum atomic E-state index is -0.495. The van der Waals surface area contributed by atoms with Crippen LogP contribution in [-0.2, 0) is 14.3 Å². The van der Waals surface area contributed by atoms with Gasteiger partial charge >= 0.3 is 0 Å². The standard InChI is InChI=1S/C12H23N3O3S.ClH/c1-18-7-6-14-4-5-15(9-11(14)16)12(17)10(13)3-8-19-2;/h10H,3-9,13H2,1-2H3;1H. The first kappa shape index (κ1) is 19.5. The molecule has 0 aliphatic carbocycles. The molecule has 118 valence electrons. The normalized spacial score (nSPS) is 16.9. The van der Waals surface area contributed by atoms with Gasteiger partial charge in [0.05, 0.1) is 19.2 Å². The predicted molar refractivity (Wildman–Crippen MR) is 83.3 cm³/mol. The highest BCUT2D eigenvalue weighted by Gasteiger charge is 2.29. The van der Waals surface area contributed by atoms with Gasteiger partial charge in [-0.1, -0.05) is 0 Å². The molecular weight excluding hydrogens is 302 g/mol. The van der Waals surface area contributed by atoms with Crippen molar-refractivity contribution in [2.45, 2.75) is 12.5 Å². The van der Waals surface area contributed by atoms with E-state index in [-0.39, 0.29) is 30.8 Å². The van der Waals surface area contributed by atoms with Crippen molar-refractivity contribution in [3.05, 3.63) is 0 Å². The molecule has 20 heavy (non-hydrogen) atoms. The molecule has 0 bridgehead atoms. The lowest BCUT2D eigenvalue weighted by Crippen LogP contribution is -2.56. The van der Waals surface area contributed by atoms with Crippen molar-refractivity contribution >= 4 is 36.0 Å². The van der Waals surface area contributed by atoms with Crippen molar-refractivity contribution in [1.29, 1.82) is 0 Å². The molecule has 1 rings (SSSR count). The lowest BCUT2D eigenvalue weighted by molar-refractivity contribution is -0.146. The monoisotopic (exact) mass is 325 g/mol. The van der Waals surface area contributed by atoms with E-state index in [9.17, 15) is 9.59 Å². The molecule has 0 spiro atoms. The van der Waals surface area contributed by atoms with Gasteiger partial charge in [-0.2, -0.15) is 11.8 Å². The zero-order valence-corrected chi connectivity index (χ0v) is 13.7. The van der Waals surface area contributed by atoms with E-state index in [4.69, 9.17) is 10.5 Å². The summed E-state index contributed by atoms with van der Waals surface area (Å²) < 4.78 is 4.95. The van der Waals surface area contributed by atoms with E-state index in [1.165, 1.54) is 0 Å². The third-order valence-electron chi connectivity index (χ3n) is 3.15. The number of hydrogen-bond acceptors (Lipinski definition) is 5. The topological polar surface area (TPSA) is 75.9 Å². The number of amides is 2. The van der Waals surface area contributed by atoms with Crippen molar-refractivity contribution in [2.24, 2.45) is 5.73 Å². The smallest absolute Gasteiger partial charge is 0.242 e. The minimum absolute atomic E-state index is 0. The molecule has 1 saturated heterocycles. The number of carbonyl (C=O) groups is 2. The summed E-state index contributed by atoms with van der Waals surface area (Å²) >= 11 is 1.66. The molecule has 1 unspecified atom stereocenters. The van der Waals surface area contributed by atoms with Crippen LogP contribution < -0.4 is 5.73 Å². The first-order chi connectivity index (χ1) is 9.10. The molecule has 1 fully saturated rings. The van der Waals surface area contributed by atoms with E-state index in [1.54, 1.807) is 28.7 Å². The molecule has 0 saturated carbocycles.